The number of benzene rings is 2. The maximum atomic E-state index is 7.10. The van der Waals surface area contributed by atoms with E-state index in [0.717, 1.165) is 36.6 Å². The van der Waals surface area contributed by atoms with Gasteiger partial charge in [-0.15, -0.1) is 0 Å². The fourth-order valence-corrected chi connectivity index (χ4v) is 11.7. The number of hydrogen-bond donors (Lipinski definition) is 0. The van der Waals surface area contributed by atoms with Crippen molar-refractivity contribution in [3.8, 4) is 28.7 Å². The molecule has 2 aromatic rings. The molecule has 0 radical (unpaired) electrons. The first-order chi connectivity index (χ1) is 17.8. The van der Waals surface area contributed by atoms with Gasteiger partial charge in [-0.2, -0.15) is 0 Å². The Morgan fingerprint density at radius 1 is 0.711 bits per heavy atom. The number of methoxy groups -OCH3 is 4. The van der Waals surface area contributed by atoms with E-state index in [2.05, 4.69) is 72.4 Å². The SMILES string of the molecule is COc1cc2c(cc1O[Si](C(C)C)(C(C)C)C(C)C)CC(C)(C)N(Cc1cc(OC)c(OC)c(OC)c1)C2. The van der Waals surface area contributed by atoms with Gasteiger partial charge in [-0.1, -0.05) is 41.5 Å². The Kier molecular flexibility index (Phi) is 9.35. The van der Waals surface area contributed by atoms with Crippen molar-refractivity contribution in [1.82, 2.24) is 4.90 Å². The zero-order valence-corrected chi connectivity index (χ0v) is 26.7. The Balaban J connectivity index is 1.99. The van der Waals surface area contributed by atoms with E-state index in [1.807, 2.05) is 12.1 Å². The molecule has 0 spiro atoms. The third kappa shape index (κ3) is 5.64. The van der Waals surface area contributed by atoms with Crippen LogP contribution in [0.1, 0.15) is 72.1 Å². The van der Waals surface area contributed by atoms with E-state index >= 15 is 0 Å². The van der Waals surface area contributed by atoms with E-state index < -0.39 is 8.32 Å². The van der Waals surface area contributed by atoms with Crippen molar-refractivity contribution in [3.63, 3.8) is 0 Å². The van der Waals surface area contributed by atoms with Gasteiger partial charge in [0.15, 0.2) is 17.2 Å². The van der Waals surface area contributed by atoms with Crippen molar-refractivity contribution >= 4 is 8.32 Å². The first kappa shape index (κ1) is 30.2. The highest BCUT2D eigenvalue weighted by Gasteiger charge is 2.47. The predicted molar refractivity (Wildman–Crippen MR) is 158 cm³/mol. The van der Waals surface area contributed by atoms with Crippen LogP contribution in [0.15, 0.2) is 24.3 Å². The molecule has 212 valence electrons. The molecule has 1 aliphatic heterocycles. The monoisotopic (exact) mass is 543 g/mol. The Hall–Kier alpha value is -2.38. The van der Waals surface area contributed by atoms with Crippen molar-refractivity contribution in [1.29, 1.82) is 0 Å². The molecule has 2 aromatic carbocycles. The molecule has 0 atom stereocenters. The van der Waals surface area contributed by atoms with Crippen LogP contribution < -0.4 is 23.4 Å². The van der Waals surface area contributed by atoms with Gasteiger partial charge in [0.25, 0.3) is 8.32 Å². The molecule has 0 saturated carbocycles. The van der Waals surface area contributed by atoms with Gasteiger partial charge in [0.2, 0.25) is 5.75 Å². The van der Waals surface area contributed by atoms with Gasteiger partial charge in [-0.05, 0) is 77.8 Å². The quantitative estimate of drug-likeness (QED) is 0.272. The Labute approximate surface area is 231 Å². The molecule has 7 heteroatoms. The Morgan fingerprint density at radius 2 is 1.21 bits per heavy atom. The maximum Gasteiger partial charge on any atom is 0.258 e. The van der Waals surface area contributed by atoms with Crippen LogP contribution in [0.5, 0.6) is 28.7 Å². The topological polar surface area (TPSA) is 49.4 Å². The molecule has 6 nitrogen and oxygen atoms in total. The van der Waals surface area contributed by atoms with Gasteiger partial charge < -0.3 is 23.4 Å². The molecule has 0 aromatic heterocycles. The van der Waals surface area contributed by atoms with E-state index in [0.29, 0.717) is 33.9 Å². The molecule has 0 amide bonds. The smallest absolute Gasteiger partial charge is 0.258 e. The van der Waals surface area contributed by atoms with Crippen LogP contribution in [0.4, 0.5) is 0 Å². The minimum atomic E-state index is -2.11. The van der Waals surface area contributed by atoms with Gasteiger partial charge in [-0.3, -0.25) is 4.90 Å². The zero-order chi connectivity index (χ0) is 28.4. The number of fused-ring (bicyclic) bond motifs is 1. The van der Waals surface area contributed by atoms with Crippen molar-refractivity contribution in [2.45, 2.75) is 97.1 Å². The molecular formula is C31H49NO5Si. The highest BCUT2D eigenvalue weighted by molar-refractivity contribution is 6.78. The first-order valence-corrected chi connectivity index (χ1v) is 15.9. The molecule has 3 rings (SSSR count). The predicted octanol–water partition coefficient (Wildman–Crippen LogP) is 7.61. The molecule has 1 aliphatic rings. The highest BCUT2D eigenvalue weighted by atomic mass is 28.4. The second-order valence-electron chi connectivity index (χ2n) is 12.1. The molecule has 0 N–H and O–H groups in total. The summed E-state index contributed by atoms with van der Waals surface area (Å²) >= 11 is 0. The van der Waals surface area contributed by atoms with E-state index in [4.69, 9.17) is 23.4 Å². The zero-order valence-electron chi connectivity index (χ0n) is 25.7. The number of nitrogens with zero attached hydrogens (tertiary/aromatic N) is 1. The van der Waals surface area contributed by atoms with E-state index in [9.17, 15) is 0 Å². The van der Waals surface area contributed by atoms with Gasteiger partial charge in [0.1, 0.15) is 5.75 Å². The molecule has 0 aliphatic carbocycles. The summed E-state index contributed by atoms with van der Waals surface area (Å²) < 4.78 is 29.7. The van der Waals surface area contributed by atoms with Gasteiger partial charge in [0.05, 0.1) is 28.4 Å². The lowest BCUT2D eigenvalue weighted by Gasteiger charge is -2.45. The summed E-state index contributed by atoms with van der Waals surface area (Å²) in [5, 5.41) is 0. The lowest BCUT2D eigenvalue weighted by molar-refractivity contribution is 0.0885. The summed E-state index contributed by atoms with van der Waals surface area (Å²) in [4.78, 5) is 2.51. The maximum absolute atomic E-state index is 7.10. The lowest BCUT2D eigenvalue weighted by Crippen LogP contribution is -2.51. The van der Waals surface area contributed by atoms with Gasteiger partial charge >= 0.3 is 0 Å². The van der Waals surface area contributed by atoms with Crippen LogP contribution >= 0.6 is 0 Å². The number of rotatable bonds is 11. The van der Waals surface area contributed by atoms with Crippen LogP contribution in [-0.4, -0.2) is 47.2 Å². The summed E-state index contributed by atoms with van der Waals surface area (Å²) in [6, 6.07) is 8.54. The van der Waals surface area contributed by atoms with Crippen LogP contribution in [0.25, 0.3) is 0 Å². The van der Waals surface area contributed by atoms with Gasteiger partial charge in [-0.25, -0.2) is 0 Å². The summed E-state index contributed by atoms with van der Waals surface area (Å²) in [7, 11) is 4.58. The molecule has 0 unspecified atom stereocenters. The number of hydrogen-bond acceptors (Lipinski definition) is 6. The number of ether oxygens (including phenoxy) is 4. The van der Waals surface area contributed by atoms with Crippen LogP contribution in [-0.2, 0) is 19.5 Å². The Bertz CT molecular complexity index is 1060. The second-order valence-corrected chi connectivity index (χ2v) is 17.4. The molecule has 0 bridgehead atoms. The molecule has 0 fully saturated rings. The fourth-order valence-electron chi connectivity index (χ4n) is 6.45. The molecular weight excluding hydrogens is 494 g/mol. The van der Waals surface area contributed by atoms with Crippen LogP contribution in [0, 0.1) is 0 Å². The summed E-state index contributed by atoms with van der Waals surface area (Å²) in [6.07, 6.45) is 0.923. The van der Waals surface area contributed by atoms with E-state index in [-0.39, 0.29) is 5.54 Å². The van der Waals surface area contributed by atoms with E-state index in [1.54, 1.807) is 28.4 Å². The first-order valence-electron chi connectivity index (χ1n) is 13.8. The van der Waals surface area contributed by atoms with Crippen molar-refractivity contribution in [2.75, 3.05) is 28.4 Å². The lowest BCUT2D eigenvalue weighted by atomic mass is 9.85. The van der Waals surface area contributed by atoms with Crippen molar-refractivity contribution in [3.05, 3.63) is 41.0 Å². The van der Waals surface area contributed by atoms with Crippen molar-refractivity contribution < 1.29 is 23.4 Å². The van der Waals surface area contributed by atoms with Gasteiger partial charge in [0, 0.05) is 18.6 Å². The van der Waals surface area contributed by atoms with Crippen LogP contribution in [0.3, 0.4) is 0 Å². The van der Waals surface area contributed by atoms with Crippen molar-refractivity contribution in [2.24, 2.45) is 0 Å². The summed E-state index contributed by atoms with van der Waals surface area (Å²) in [5.74, 6) is 3.70. The average Bonchev–Trinajstić information content (AvgIpc) is 2.85. The molecule has 1 heterocycles. The average molecular weight is 544 g/mol. The normalized spacial score (nSPS) is 15.6. The van der Waals surface area contributed by atoms with Crippen LogP contribution in [0.2, 0.25) is 16.6 Å². The third-order valence-corrected chi connectivity index (χ3v) is 14.4. The molecule has 0 saturated heterocycles. The molecule has 38 heavy (non-hydrogen) atoms. The third-order valence-electron chi connectivity index (χ3n) is 8.42. The fraction of sp³-hybridized carbons (Fsp3) is 0.613. The second kappa shape index (κ2) is 11.8. The Morgan fingerprint density at radius 3 is 1.66 bits per heavy atom. The summed E-state index contributed by atoms with van der Waals surface area (Å²) in [6.45, 7) is 20.1. The minimum absolute atomic E-state index is 0.0537. The highest BCUT2D eigenvalue weighted by Crippen LogP contribution is 2.47. The summed E-state index contributed by atoms with van der Waals surface area (Å²) in [5.41, 5.74) is 5.17. The minimum Gasteiger partial charge on any atom is -0.540 e. The van der Waals surface area contributed by atoms with E-state index in [1.165, 1.54) is 11.1 Å². The standard InChI is InChI=1S/C31H49NO5Si/c1-20(2)38(21(3)4,22(5)6)37-27-15-24-17-31(7,8)32(19-25(24)16-26(27)33-9)18-23-13-28(34-10)30(36-12)29(14-23)35-11/h13-16,20-22H,17-19H2,1-12H3. The largest absolute Gasteiger partial charge is 0.540 e.